The molecule has 3 aromatic rings. The predicted molar refractivity (Wildman–Crippen MR) is 106 cm³/mol. The first-order valence-electron chi connectivity index (χ1n) is 9.61. The van der Waals surface area contributed by atoms with Gasteiger partial charge in [0.25, 0.3) is 5.91 Å². The van der Waals surface area contributed by atoms with Gasteiger partial charge in [0.2, 0.25) is 0 Å². The number of rotatable bonds is 2. The Labute approximate surface area is 159 Å². The molecule has 0 saturated carbocycles. The summed E-state index contributed by atoms with van der Waals surface area (Å²) in [5, 5.41) is 0. The predicted octanol–water partition coefficient (Wildman–Crippen LogP) is 3.25. The number of imidazole rings is 1. The molecule has 5 rings (SSSR count). The van der Waals surface area contributed by atoms with Crippen LogP contribution in [0.1, 0.15) is 27.8 Å². The largest absolute Gasteiger partial charge is 0.342 e. The molecule has 2 aliphatic rings. The Kier molecular flexibility index (Phi) is 3.79. The number of H-pyrrole nitrogens is 1. The van der Waals surface area contributed by atoms with Crippen LogP contribution in [0.2, 0.25) is 0 Å². The van der Waals surface area contributed by atoms with Gasteiger partial charge >= 0.3 is 0 Å². The number of aryl methyl sites for hydroxylation is 1. The minimum atomic E-state index is 0.132. The molecular weight excluding hydrogens is 336 g/mol. The monoisotopic (exact) mass is 360 g/mol. The smallest absolute Gasteiger partial charge is 0.253 e. The van der Waals surface area contributed by atoms with Crippen molar-refractivity contribution in [3.63, 3.8) is 0 Å². The van der Waals surface area contributed by atoms with E-state index in [4.69, 9.17) is 0 Å². The van der Waals surface area contributed by atoms with E-state index in [1.54, 1.807) is 0 Å². The number of carbonyl (C=O) groups excluding carboxylic acids is 1. The topological polar surface area (TPSA) is 52.2 Å². The van der Waals surface area contributed by atoms with Crippen LogP contribution < -0.4 is 0 Å². The van der Waals surface area contributed by atoms with Crippen molar-refractivity contribution < 1.29 is 4.79 Å². The van der Waals surface area contributed by atoms with Crippen LogP contribution in [-0.2, 0) is 0 Å². The summed E-state index contributed by atoms with van der Waals surface area (Å²) in [5.41, 5.74) is 3.94. The molecule has 0 unspecified atom stereocenters. The lowest BCUT2D eigenvalue weighted by molar-refractivity contribution is 0.0768. The zero-order chi connectivity index (χ0) is 18.5. The van der Waals surface area contributed by atoms with Crippen LogP contribution in [0.25, 0.3) is 11.0 Å². The molecule has 2 aromatic carbocycles. The van der Waals surface area contributed by atoms with Gasteiger partial charge in [-0.15, -0.1) is 0 Å². The van der Waals surface area contributed by atoms with Crippen molar-refractivity contribution in [2.24, 2.45) is 11.8 Å². The number of hydrogen-bond donors (Lipinski definition) is 1. The Morgan fingerprint density at radius 1 is 1.11 bits per heavy atom. The number of aromatic nitrogens is 2. The second kappa shape index (κ2) is 6.20. The summed E-state index contributed by atoms with van der Waals surface area (Å²) in [6.07, 6.45) is 0. The molecule has 2 aliphatic heterocycles. The molecule has 27 heavy (non-hydrogen) atoms. The van der Waals surface area contributed by atoms with Crippen molar-refractivity contribution in [1.29, 1.82) is 0 Å². The molecule has 0 bridgehead atoms. The van der Waals surface area contributed by atoms with Crippen LogP contribution >= 0.6 is 0 Å². The fraction of sp³-hybridized carbons (Fsp3) is 0.364. The van der Waals surface area contributed by atoms with E-state index in [2.05, 4.69) is 52.2 Å². The molecule has 1 N–H and O–H groups in total. The number of likely N-dealkylation sites (tertiary alicyclic amines) is 2. The fourth-order valence-corrected chi connectivity index (χ4v) is 5.03. The number of nitrogens with one attached hydrogen (secondary N) is 1. The molecule has 0 radical (unpaired) electrons. The average Bonchev–Trinajstić information content (AvgIpc) is 3.31. The molecule has 0 aliphatic carbocycles. The third kappa shape index (κ3) is 2.73. The van der Waals surface area contributed by atoms with Crippen molar-refractivity contribution in [3.8, 4) is 0 Å². The molecular formula is C22H24N4O. The molecule has 1 amide bonds. The van der Waals surface area contributed by atoms with Crippen molar-refractivity contribution in [2.45, 2.75) is 13.0 Å². The molecule has 2 fully saturated rings. The second-order valence-corrected chi connectivity index (χ2v) is 7.98. The molecule has 1 aromatic heterocycles. The van der Waals surface area contributed by atoms with E-state index in [9.17, 15) is 4.79 Å². The van der Waals surface area contributed by atoms with Crippen LogP contribution in [0.4, 0.5) is 0 Å². The Bertz CT molecular complexity index is 996. The van der Waals surface area contributed by atoms with Gasteiger partial charge in [-0.1, -0.05) is 30.3 Å². The zero-order valence-corrected chi connectivity index (χ0v) is 15.7. The molecule has 0 spiro atoms. The first-order chi connectivity index (χ1) is 13.1. The van der Waals surface area contributed by atoms with Crippen molar-refractivity contribution in [2.75, 3.05) is 26.7 Å². The number of amides is 1. The summed E-state index contributed by atoms with van der Waals surface area (Å²) in [7, 11) is 2.21. The summed E-state index contributed by atoms with van der Waals surface area (Å²) in [6, 6.07) is 16.9. The summed E-state index contributed by atoms with van der Waals surface area (Å²) < 4.78 is 0. The lowest BCUT2D eigenvalue weighted by Crippen LogP contribution is -2.33. The normalized spacial score (nSPS) is 25.3. The first kappa shape index (κ1) is 16.5. The number of hydrogen-bond acceptors (Lipinski definition) is 3. The third-order valence-corrected chi connectivity index (χ3v) is 6.17. The molecule has 3 atom stereocenters. The number of nitrogens with zero attached hydrogens (tertiary/aromatic N) is 3. The molecule has 2 saturated heterocycles. The van der Waals surface area contributed by atoms with Crippen LogP contribution in [-0.4, -0.2) is 52.4 Å². The Morgan fingerprint density at radius 2 is 1.93 bits per heavy atom. The number of benzene rings is 2. The van der Waals surface area contributed by atoms with E-state index in [-0.39, 0.29) is 5.91 Å². The minimum Gasteiger partial charge on any atom is -0.342 e. The van der Waals surface area contributed by atoms with Gasteiger partial charge in [-0.25, -0.2) is 4.98 Å². The number of aromatic amines is 1. The maximum Gasteiger partial charge on any atom is 0.253 e. The van der Waals surface area contributed by atoms with Gasteiger partial charge in [-0.05, 0) is 43.7 Å². The fourth-order valence-electron chi connectivity index (χ4n) is 5.03. The first-order valence-corrected chi connectivity index (χ1v) is 9.61. The van der Waals surface area contributed by atoms with Crippen LogP contribution in [0.15, 0.2) is 48.5 Å². The van der Waals surface area contributed by atoms with Gasteiger partial charge in [0.1, 0.15) is 5.82 Å². The van der Waals surface area contributed by atoms with Gasteiger partial charge in [-0.3, -0.25) is 9.69 Å². The molecule has 3 heterocycles. The summed E-state index contributed by atoms with van der Waals surface area (Å²) >= 11 is 0. The Balaban J connectivity index is 1.39. The highest BCUT2D eigenvalue weighted by Gasteiger charge is 2.47. The van der Waals surface area contributed by atoms with Crippen molar-refractivity contribution in [1.82, 2.24) is 19.8 Å². The van der Waals surface area contributed by atoms with E-state index >= 15 is 0 Å². The van der Waals surface area contributed by atoms with E-state index in [1.807, 2.05) is 30.0 Å². The van der Waals surface area contributed by atoms with E-state index in [0.717, 1.165) is 42.1 Å². The lowest BCUT2D eigenvalue weighted by atomic mass is 9.90. The van der Waals surface area contributed by atoms with Gasteiger partial charge < -0.3 is 9.88 Å². The van der Waals surface area contributed by atoms with Gasteiger partial charge in [0.15, 0.2) is 0 Å². The summed E-state index contributed by atoms with van der Waals surface area (Å²) in [4.78, 5) is 25.3. The number of fused-ring (bicyclic) bond motifs is 2. The highest BCUT2D eigenvalue weighted by atomic mass is 16.2. The Morgan fingerprint density at radius 3 is 2.74 bits per heavy atom. The SMILES string of the molecule is Cc1nc2ccc(C(=O)N3C[C@@H]4CN(C)[C@@H](c5ccccc5)[C@@H]4C3)cc2[nH]1. The van der Waals surface area contributed by atoms with Gasteiger partial charge in [0.05, 0.1) is 11.0 Å². The quantitative estimate of drug-likeness (QED) is 0.763. The van der Waals surface area contributed by atoms with E-state index in [0.29, 0.717) is 17.9 Å². The summed E-state index contributed by atoms with van der Waals surface area (Å²) in [6.45, 7) is 4.65. The highest BCUT2D eigenvalue weighted by Crippen LogP contribution is 2.44. The minimum absolute atomic E-state index is 0.132. The van der Waals surface area contributed by atoms with Crippen LogP contribution in [0.5, 0.6) is 0 Å². The zero-order valence-electron chi connectivity index (χ0n) is 15.7. The highest BCUT2D eigenvalue weighted by molar-refractivity contribution is 5.97. The lowest BCUT2D eigenvalue weighted by Gasteiger charge is -2.27. The van der Waals surface area contributed by atoms with E-state index in [1.165, 1.54) is 5.56 Å². The molecule has 5 heteroatoms. The Hall–Kier alpha value is -2.66. The maximum absolute atomic E-state index is 13.1. The van der Waals surface area contributed by atoms with E-state index < -0.39 is 0 Å². The van der Waals surface area contributed by atoms with Gasteiger partial charge in [-0.2, -0.15) is 0 Å². The van der Waals surface area contributed by atoms with Crippen LogP contribution in [0.3, 0.4) is 0 Å². The molecule has 5 nitrogen and oxygen atoms in total. The van der Waals surface area contributed by atoms with Crippen molar-refractivity contribution in [3.05, 3.63) is 65.5 Å². The van der Waals surface area contributed by atoms with Crippen molar-refractivity contribution >= 4 is 16.9 Å². The standard InChI is InChI=1S/C22H24N4O/c1-14-23-19-9-8-16(10-20(19)24-14)22(27)26-12-17-11-25(2)21(18(17)13-26)15-6-4-3-5-7-15/h3-10,17-18,21H,11-13H2,1-2H3,(H,23,24)/t17-,18+,21-/m0/s1. The third-order valence-electron chi connectivity index (χ3n) is 6.17. The van der Waals surface area contributed by atoms with Crippen LogP contribution in [0, 0.1) is 18.8 Å². The number of carbonyl (C=O) groups is 1. The second-order valence-electron chi connectivity index (χ2n) is 7.98. The maximum atomic E-state index is 13.1. The average molecular weight is 360 g/mol. The molecule has 138 valence electrons. The summed E-state index contributed by atoms with van der Waals surface area (Å²) in [5.74, 6) is 2.05. The van der Waals surface area contributed by atoms with Gasteiger partial charge in [0, 0.05) is 37.2 Å².